The quantitative estimate of drug-likeness (QED) is 0.756. The van der Waals surface area contributed by atoms with Crippen LogP contribution in [0.5, 0.6) is 0 Å². The molecule has 1 aliphatic heterocycles. The third-order valence-corrected chi connectivity index (χ3v) is 4.22. The zero-order valence-electron chi connectivity index (χ0n) is 12.9. The molecule has 0 unspecified atom stereocenters. The second kappa shape index (κ2) is 6.26. The van der Waals surface area contributed by atoms with Crippen LogP contribution in [0.2, 0.25) is 0 Å². The Kier molecular flexibility index (Phi) is 3.81. The highest BCUT2D eigenvalue weighted by Gasteiger charge is 2.17. The maximum atomic E-state index is 4.33. The minimum absolute atomic E-state index is 0.563. The molecule has 2 aromatic heterocycles. The Morgan fingerprint density at radius 3 is 2.91 bits per heavy atom. The molecule has 2 N–H and O–H groups in total. The van der Waals surface area contributed by atoms with Gasteiger partial charge in [-0.15, -0.1) is 0 Å². The number of nitrogens with zero attached hydrogens (tertiary/aromatic N) is 4. The van der Waals surface area contributed by atoms with Gasteiger partial charge in [0.2, 0.25) is 0 Å². The summed E-state index contributed by atoms with van der Waals surface area (Å²) in [5, 5.41) is 11.3. The lowest BCUT2D eigenvalue weighted by Crippen LogP contribution is -2.35. The van der Waals surface area contributed by atoms with Gasteiger partial charge in [0.15, 0.2) is 0 Å². The molecular weight excluding hydrogens is 288 g/mol. The van der Waals surface area contributed by atoms with Gasteiger partial charge < -0.3 is 15.2 Å². The summed E-state index contributed by atoms with van der Waals surface area (Å²) in [4.78, 5) is 4.07. The van der Waals surface area contributed by atoms with E-state index in [2.05, 4.69) is 45.0 Å². The van der Waals surface area contributed by atoms with Gasteiger partial charge in [-0.1, -0.05) is 12.1 Å². The van der Waals surface area contributed by atoms with Gasteiger partial charge in [-0.2, -0.15) is 5.10 Å². The molecule has 4 rings (SSSR count). The topological polar surface area (TPSA) is 59.7 Å². The smallest absolute Gasteiger partial charge is 0.124 e. The van der Waals surface area contributed by atoms with Crippen LogP contribution in [-0.4, -0.2) is 32.4 Å². The first-order valence-corrected chi connectivity index (χ1v) is 7.92. The van der Waals surface area contributed by atoms with E-state index in [1.165, 1.54) is 5.56 Å². The highest BCUT2D eigenvalue weighted by Crippen LogP contribution is 2.16. The van der Waals surface area contributed by atoms with Gasteiger partial charge >= 0.3 is 0 Å². The minimum atomic E-state index is 0.563. The van der Waals surface area contributed by atoms with Crippen LogP contribution in [0.3, 0.4) is 0 Å². The van der Waals surface area contributed by atoms with Gasteiger partial charge in [-0.3, -0.25) is 0 Å². The molecule has 0 fully saturated rings. The molecule has 0 radical (unpaired) electrons. The maximum absolute atomic E-state index is 4.33. The molecule has 6 heteroatoms. The Bertz CT molecular complexity index is 744. The molecule has 6 nitrogen and oxygen atoms in total. The summed E-state index contributed by atoms with van der Waals surface area (Å²) >= 11 is 0. The molecule has 3 aromatic rings. The summed E-state index contributed by atoms with van der Waals surface area (Å²) in [6.45, 7) is 3.84. The number of nitrogens with one attached hydrogen (secondary N) is 2. The van der Waals surface area contributed by atoms with Crippen molar-refractivity contribution in [1.82, 2.24) is 24.6 Å². The lowest BCUT2D eigenvalue weighted by Gasteiger charge is -2.25. The molecule has 0 amide bonds. The Morgan fingerprint density at radius 2 is 2.09 bits per heavy atom. The van der Waals surface area contributed by atoms with Crippen LogP contribution in [0, 0.1) is 5.92 Å². The van der Waals surface area contributed by atoms with Crippen LogP contribution >= 0.6 is 0 Å². The molecule has 23 heavy (non-hydrogen) atoms. The average Bonchev–Trinajstić information content (AvgIpc) is 3.27. The van der Waals surface area contributed by atoms with Crippen molar-refractivity contribution >= 4 is 5.82 Å². The van der Waals surface area contributed by atoms with Crippen molar-refractivity contribution < 1.29 is 0 Å². The Balaban J connectivity index is 1.28. The second-order valence-corrected chi connectivity index (χ2v) is 5.91. The maximum Gasteiger partial charge on any atom is 0.124 e. The molecular formula is C17H20N6. The van der Waals surface area contributed by atoms with Gasteiger partial charge in [-0.25, -0.2) is 9.67 Å². The van der Waals surface area contributed by atoms with Crippen LogP contribution < -0.4 is 10.6 Å². The number of aromatic nitrogens is 4. The van der Waals surface area contributed by atoms with Crippen LogP contribution in [0.1, 0.15) is 5.56 Å². The number of rotatable bonds is 5. The van der Waals surface area contributed by atoms with Gasteiger partial charge in [0.1, 0.15) is 5.82 Å². The fraction of sp³-hybridized carbons (Fsp3) is 0.294. The molecule has 1 atom stereocenters. The lowest BCUT2D eigenvalue weighted by molar-refractivity contribution is 0.391. The monoisotopic (exact) mass is 308 g/mol. The van der Waals surface area contributed by atoms with Gasteiger partial charge in [0, 0.05) is 56.2 Å². The fourth-order valence-corrected chi connectivity index (χ4v) is 2.94. The predicted octanol–water partition coefficient (Wildman–Crippen LogP) is 1.90. The van der Waals surface area contributed by atoms with Crippen molar-refractivity contribution in [1.29, 1.82) is 0 Å². The third-order valence-electron chi connectivity index (χ3n) is 4.22. The molecule has 3 heterocycles. The van der Waals surface area contributed by atoms with E-state index in [0.717, 1.165) is 37.7 Å². The van der Waals surface area contributed by atoms with Crippen LogP contribution in [-0.2, 0) is 13.1 Å². The molecule has 1 aromatic carbocycles. The highest BCUT2D eigenvalue weighted by molar-refractivity contribution is 5.36. The molecule has 0 saturated carbocycles. The lowest BCUT2D eigenvalue weighted by atomic mass is 10.1. The summed E-state index contributed by atoms with van der Waals surface area (Å²) in [6.07, 6.45) is 7.40. The van der Waals surface area contributed by atoms with Crippen LogP contribution in [0.15, 0.2) is 55.2 Å². The summed E-state index contributed by atoms with van der Waals surface area (Å²) < 4.78 is 4.04. The Labute approximate surface area is 135 Å². The van der Waals surface area contributed by atoms with Crippen molar-refractivity contribution in [2.75, 3.05) is 18.4 Å². The van der Waals surface area contributed by atoms with E-state index in [0.29, 0.717) is 5.92 Å². The van der Waals surface area contributed by atoms with E-state index in [-0.39, 0.29) is 0 Å². The third kappa shape index (κ3) is 3.12. The SMILES string of the molecule is c1cn(-c2ccc(CNC[C@@H]3CNc4ccnn4C3)cc2)cn1. The number of anilines is 1. The first-order chi connectivity index (χ1) is 11.4. The number of benzene rings is 1. The largest absolute Gasteiger partial charge is 0.370 e. The number of fused-ring (bicyclic) bond motifs is 1. The summed E-state index contributed by atoms with van der Waals surface area (Å²) in [6, 6.07) is 10.6. The van der Waals surface area contributed by atoms with E-state index in [1.54, 1.807) is 6.20 Å². The van der Waals surface area contributed by atoms with Crippen LogP contribution in [0.4, 0.5) is 5.82 Å². The Hall–Kier alpha value is -2.60. The standard InChI is InChI=1S/C17H20N6/c1-3-16(22-8-7-18-13-22)4-2-14(1)9-19-10-15-11-20-17-5-6-21-23(17)12-15/h1-8,13,15,19-20H,9-12H2/t15-/m1/s1. The van der Waals surface area contributed by atoms with Gasteiger partial charge in [0.25, 0.3) is 0 Å². The fourth-order valence-electron chi connectivity index (χ4n) is 2.94. The molecule has 0 bridgehead atoms. The van der Waals surface area contributed by atoms with Crippen molar-refractivity contribution in [3.05, 3.63) is 60.8 Å². The predicted molar refractivity (Wildman–Crippen MR) is 89.5 cm³/mol. The van der Waals surface area contributed by atoms with E-state index in [4.69, 9.17) is 0 Å². The Morgan fingerprint density at radius 1 is 1.17 bits per heavy atom. The first-order valence-electron chi connectivity index (χ1n) is 7.92. The van der Waals surface area contributed by atoms with Crippen molar-refractivity contribution in [2.24, 2.45) is 5.92 Å². The van der Waals surface area contributed by atoms with Gasteiger partial charge in [-0.05, 0) is 17.7 Å². The molecule has 0 aliphatic carbocycles. The molecule has 118 valence electrons. The number of hydrogen-bond acceptors (Lipinski definition) is 4. The van der Waals surface area contributed by atoms with Crippen LogP contribution in [0.25, 0.3) is 5.69 Å². The minimum Gasteiger partial charge on any atom is -0.370 e. The van der Waals surface area contributed by atoms with Crippen molar-refractivity contribution in [3.8, 4) is 5.69 Å². The number of hydrogen-bond donors (Lipinski definition) is 2. The van der Waals surface area contributed by atoms with E-state index in [1.807, 2.05) is 34.0 Å². The second-order valence-electron chi connectivity index (χ2n) is 5.91. The normalized spacial score (nSPS) is 16.8. The highest BCUT2D eigenvalue weighted by atomic mass is 15.3. The zero-order chi connectivity index (χ0) is 15.5. The van der Waals surface area contributed by atoms with Gasteiger partial charge in [0.05, 0.1) is 12.5 Å². The van der Waals surface area contributed by atoms with E-state index < -0.39 is 0 Å². The molecule has 0 spiro atoms. The average molecular weight is 308 g/mol. The van der Waals surface area contributed by atoms with Crippen molar-refractivity contribution in [3.63, 3.8) is 0 Å². The first kappa shape index (κ1) is 14.0. The number of imidazole rings is 1. The summed E-state index contributed by atoms with van der Waals surface area (Å²) in [5.74, 6) is 1.68. The molecule has 0 saturated heterocycles. The summed E-state index contributed by atoms with van der Waals surface area (Å²) in [5.41, 5.74) is 2.42. The van der Waals surface area contributed by atoms with E-state index >= 15 is 0 Å². The summed E-state index contributed by atoms with van der Waals surface area (Å²) in [7, 11) is 0. The van der Waals surface area contributed by atoms with Crippen molar-refractivity contribution in [2.45, 2.75) is 13.1 Å². The zero-order valence-corrected chi connectivity index (χ0v) is 12.9. The van der Waals surface area contributed by atoms with E-state index in [9.17, 15) is 0 Å². The molecule has 1 aliphatic rings.